The van der Waals surface area contributed by atoms with Crippen molar-refractivity contribution in [2.24, 2.45) is 7.05 Å². The van der Waals surface area contributed by atoms with Crippen molar-refractivity contribution in [3.05, 3.63) is 87.1 Å². The number of benzene rings is 2. The van der Waals surface area contributed by atoms with Gasteiger partial charge in [-0.25, -0.2) is 9.78 Å². The van der Waals surface area contributed by atoms with Crippen LogP contribution in [0.2, 0.25) is 0 Å². The number of aryl methyl sites for hydroxylation is 2. The van der Waals surface area contributed by atoms with E-state index >= 15 is 0 Å². The van der Waals surface area contributed by atoms with Gasteiger partial charge in [0.25, 0.3) is 5.56 Å². The van der Waals surface area contributed by atoms with Crippen LogP contribution in [-0.4, -0.2) is 38.9 Å². The molecule has 2 aromatic carbocycles. The van der Waals surface area contributed by atoms with Crippen LogP contribution >= 0.6 is 0 Å². The molecule has 0 saturated heterocycles. The molecule has 0 N–H and O–H groups in total. The third-order valence-electron chi connectivity index (χ3n) is 6.34. The molecule has 0 amide bonds. The Labute approximate surface area is 207 Å². The fourth-order valence-corrected chi connectivity index (χ4v) is 4.57. The van der Waals surface area contributed by atoms with E-state index in [0.29, 0.717) is 24.3 Å². The van der Waals surface area contributed by atoms with Gasteiger partial charge in [-0.2, -0.15) is 4.68 Å². The largest absolute Gasteiger partial charge is 0.332 e. The molecule has 0 radical (unpaired) electrons. The van der Waals surface area contributed by atoms with Crippen molar-refractivity contribution in [2.45, 2.75) is 46.2 Å². The summed E-state index contributed by atoms with van der Waals surface area (Å²) in [6, 6.07) is 16.2. The van der Waals surface area contributed by atoms with Gasteiger partial charge in [-0.1, -0.05) is 56.3 Å². The smallest absolute Gasteiger partial charge is 0.318 e. The fourth-order valence-electron chi connectivity index (χ4n) is 4.57. The fraction of sp³-hybridized carbons (Fsp3) is 0.308. The van der Waals surface area contributed by atoms with Gasteiger partial charge in [0, 0.05) is 32.1 Å². The van der Waals surface area contributed by atoms with Gasteiger partial charge in [-0.15, -0.1) is 5.10 Å². The molecular formula is C26H28N8O2. The van der Waals surface area contributed by atoms with E-state index in [2.05, 4.69) is 46.7 Å². The number of fused-ring (bicyclic) bond motifs is 1. The monoisotopic (exact) mass is 484 g/mol. The Morgan fingerprint density at radius 2 is 1.69 bits per heavy atom. The van der Waals surface area contributed by atoms with Crippen LogP contribution in [0.3, 0.4) is 0 Å². The zero-order valence-electron chi connectivity index (χ0n) is 20.6. The van der Waals surface area contributed by atoms with Gasteiger partial charge >= 0.3 is 5.69 Å². The molecule has 10 nitrogen and oxygen atoms in total. The lowest BCUT2D eigenvalue weighted by Gasteiger charge is -2.12. The quantitative estimate of drug-likeness (QED) is 0.335. The molecule has 0 spiro atoms. The second kappa shape index (κ2) is 9.73. The van der Waals surface area contributed by atoms with E-state index in [9.17, 15) is 9.59 Å². The molecule has 5 rings (SSSR count). The first-order valence-corrected chi connectivity index (χ1v) is 12.1. The molecule has 0 atom stereocenters. The molecule has 0 unspecified atom stereocenters. The molecule has 3 aromatic heterocycles. The van der Waals surface area contributed by atoms with E-state index in [1.54, 1.807) is 15.6 Å². The molecule has 0 fully saturated rings. The maximum atomic E-state index is 13.2. The molecule has 36 heavy (non-hydrogen) atoms. The van der Waals surface area contributed by atoms with Crippen LogP contribution in [0.25, 0.3) is 28.0 Å². The minimum atomic E-state index is -0.326. The molecule has 0 aliphatic rings. The van der Waals surface area contributed by atoms with Crippen LogP contribution in [0.15, 0.2) is 64.4 Å². The summed E-state index contributed by atoms with van der Waals surface area (Å²) >= 11 is 0. The van der Waals surface area contributed by atoms with Crippen molar-refractivity contribution in [3.63, 3.8) is 0 Å². The minimum absolute atomic E-state index is 0.316. The lowest BCUT2D eigenvalue weighted by Crippen LogP contribution is -2.38. The maximum absolute atomic E-state index is 13.2. The highest BCUT2D eigenvalue weighted by atomic mass is 16.2. The van der Waals surface area contributed by atoms with Crippen LogP contribution in [0.1, 0.15) is 38.1 Å². The highest BCUT2D eigenvalue weighted by Crippen LogP contribution is 2.27. The molecular weight excluding hydrogens is 456 g/mol. The van der Waals surface area contributed by atoms with E-state index < -0.39 is 0 Å². The predicted molar refractivity (Wildman–Crippen MR) is 137 cm³/mol. The Morgan fingerprint density at radius 3 is 2.39 bits per heavy atom. The van der Waals surface area contributed by atoms with Gasteiger partial charge in [0.15, 0.2) is 11.2 Å². The number of hydrogen-bond donors (Lipinski definition) is 0. The van der Waals surface area contributed by atoms with Crippen molar-refractivity contribution in [1.82, 2.24) is 38.9 Å². The summed E-state index contributed by atoms with van der Waals surface area (Å²) in [5.41, 5.74) is 4.26. The molecule has 184 valence electrons. The Kier molecular flexibility index (Phi) is 6.32. The summed E-state index contributed by atoms with van der Waals surface area (Å²) in [5.74, 6) is 0.813. The SMILES string of the molecule is CCCc1nc2c(c(=O)n(C)c(=O)n2CCC)n1Cc1ccc(-c2ccccc2-n2cnnn2)cc1. The van der Waals surface area contributed by atoms with Crippen molar-refractivity contribution < 1.29 is 0 Å². The molecule has 3 heterocycles. The topological polar surface area (TPSA) is 105 Å². The minimum Gasteiger partial charge on any atom is -0.318 e. The van der Waals surface area contributed by atoms with Gasteiger partial charge in [0.1, 0.15) is 12.2 Å². The van der Waals surface area contributed by atoms with Crippen LogP contribution < -0.4 is 11.2 Å². The summed E-state index contributed by atoms with van der Waals surface area (Å²) < 4.78 is 6.41. The highest BCUT2D eigenvalue weighted by molar-refractivity contribution is 5.73. The number of para-hydroxylation sites is 1. The number of rotatable bonds is 8. The van der Waals surface area contributed by atoms with Crippen molar-refractivity contribution >= 4 is 11.2 Å². The van der Waals surface area contributed by atoms with Gasteiger partial charge in [0.05, 0.1) is 5.69 Å². The molecule has 0 aliphatic heterocycles. The standard InChI is InChI=1S/C26H28N8O2/c1-4-8-22-28-24-23(25(35)31(3)26(36)32(24)15-5-2)33(22)16-18-11-13-19(14-12-18)20-9-6-7-10-21(20)34-17-27-29-30-34/h6-7,9-14,17H,4-5,8,15-16H2,1-3H3. The second-order valence-electron chi connectivity index (χ2n) is 8.80. The molecule has 0 saturated carbocycles. The lowest BCUT2D eigenvalue weighted by atomic mass is 10.0. The Morgan fingerprint density at radius 1 is 0.917 bits per heavy atom. The summed E-state index contributed by atoms with van der Waals surface area (Å²) in [6.45, 7) is 5.09. The van der Waals surface area contributed by atoms with Crippen LogP contribution in [0.4, 0.5) is 0 Å². The average molecular weight is 485 g/mol. The Hall–Kier alpha value is -4.34. The second-order valence-corrected chi connectivity index (χ2v) is 8.80. The van der Waals surface area contributed by atoms with Crippen LogP contribution in [0, 0.1) is 0 Å². The third kappa shape index (κ3) is 4.04. The molecule has 0 bridgehead atoms. The summed E-state index contributed by atoms with van der Waals surface area (Å²) in [7, 11) is 1.53. The van der Waals surface area contributed by atoms with E-state index in [0.717, 1.165) is 47.5 Å². The molecule has 5 aromatic rings. The highest BCUT2D eigenvalue weighted by Gasteiger charge is 2.20. The first-order chi connectivity index (χ1) is 17.5. The van der Waals surface area contributed by atoms with Crippen molar-refractivity contribution in [3.8, 4) is 16.8 Å². The average Bonchev–Trinajstić information content (AvgIpc) is 3.55. The normalized spacial score (nSPS) is 11.4. The van der Waals surface area contributed by atoms with Gasteiger partial charge < -0.3 is 4.57 Å². The van der Waals surface area contributed by atoms with Gasteiger partial charge in [-0.05, 0) is 40.5 Å². The van der Waals surface area contributed by atoms with E-state index in [-0.39, 0.29) is 11.2 Å². The maximum Gasteiger partial charge on any atom is 0.332 e. The number of imidazole rings is 1. The van der Waals surface area contributed by atoms with Crippen LogP contribution in [-0.2, 0) is 26.6 Å². The Bertz CT molecular complexity index is 1630. The van der Waals surface area contributed by atoms with E-state index in [1.165, 1.54) is 11.6 Å². The number of hydrogen-bond acceptors (Lipinski definition) is 6. The van der Waals surface area contributed by atoms with Gasteiger partial charge in [0.2, 0.25) is 0 Å². The number of tetrazole rings is 1. The Balaban J connectivity index is 1.57. The first-order valence-electron chi connectivity index (χ1n) is 12.1. The van der Waals surface area contributed by atoms with E-state index in [1.807, 2.05) is 35.8 Å². The third-order valence-corrected chi connectivity index (χ3v) is 6.34. The number of nitrogens with zero attached hydrogens (tertiary/aromatic N) is 8. The molecule has 0 aliphatic carbocycles. The van der Waals surface area contributed by atoms with Crippen molar-refractivity contribution in [1.29, 1.82) is 0 Å². The zero-order chi connectivity index (χ0) is 25.2. The first kappa shape index (κ1) is 23.4. The zero-order valence-corrected chi connectivity index (χ0v) is 20.6. The summed E-state index contributed by atoms with van der Waals surface area (Å²) in [5, 5.41) is 11.5. The van der Waals surface area contributed by atoms with E-state index in [4.69, 9.17) is 4.98 Å². The summed E-state index contributed by atoms with van der Waals surface area (Å²) in [6.07, 6.45) is 3.95. The lowest BCUT2D eigenvalue weighted by molar-refractivity contribution is 0.609. The van der Waals surface area contributed by atoms with Crippen molar-refractivity contribution in [2.75, 3.05) is 0 Å². The summed E-state index contributed by atoms with van der Waals surface area (Å²) in [4.78, 5) is 30.7. The predicted octanol–water partition coefficient (Wildman–Crippen LogP) is 2.95. The van der Waals surface area contributed by atoms with Crippen LogP contribution in [0.5, 0.6) is 0 Å². The van der Waals surface area contributed by atoms with Gasteiger partial charge in [-0.3, -0.25) is 13.9 Å². The molecule has 10 heteroatoms. The number of aromatic nitrogens is 8.